The molecular weight excluding hydrogens is 294 g/mol. The molecule has 1 atom stereocenters. The minimum absolute atomic E-state index is 0.122. The molecule has 0 saturated heterocycles. The Balaban J connectivity index is 2.65. The Morgan fingerprint density at radius 3 is 2.62 bits per heavy atom. The van der Waals surface area contributed by atoms with Gasteiger partial charge in [-0.15, -0.1) is 0 Å². The van der Waals surface area contributed by atoms with Crippen LogP contribution in [0.25, 0.3) is 0 Å². The van der Waals surface area contributed by atoms with E-state index in [0.29, 0.717) is 12.4 Å². The second-order valence-corrected chi connectivity index (χ2v) is 6.24. The first-order valence-electron chi connectivity index (χ1n) is 6.74. The zero-order valence-corrected chi connectivity index (χ0v) is 13.4. The van der Waals surface area contributed by atoms with Crippen molar-refractivity contribution in [3.05, 3.63) is 18.3 Å². The van der Waals surface area contributed by atoms with Gasteiger partial charge in [0.2, 0.25) is 10.0 Å². The van der Waals surface area contributed by atoms with Gasteiger partial charge in [0.1, 0.15) is 10.7 Å². The number of pyridine rings is 1. The van der Waals surface area contributed by atoms with Crippen LogP contribution >= 0.6 is 0 Å². The minimum Gasteiger partial charge on any atom is -0.382 e. The number of hydrogen-bond acceptors (Lipinski definition) is 6. The van der Waals surface area contributed by atoms with Gasteiger partial charge in [0.15, 0.2) is 0 Å². The average Bonchev–Trinajstić information content (AvgIpc) is 2.49. The molecule has 0 amide bonds. The molecule has 0 aliphatic rings. The molecule has 1 aromatic heterocycles. The number of sulfonamides is 1. The third kappa shape index (κ3) is 5.96. The number of anilines is 1. The first-order chi connectivity index (χ1) is 10.0. The summed E-state index contributed by atoms with van der Waals surface area (Å²) in [4.78, 5) is 4.20. The van der Waals surface area contributed by atoms with Crippen LogP contribution in [0.2, 0.25) is 0 Å². The summed E-state index contributed by atoms with van der Waals surface area (Å²) in [7, 11) is -0.555. The Bertz CT molecular complexity index is 505. The first kappa shape index (κ1) is 17.8. The van der Waals surface area contributed by atoms with E-state index >= 15 is 0 Å². The number of methoxy groups -OCH3 is 2. The summed E-state index contributed by atoms with van der Waals surface area (Å²) in [6.07, 6.45) is 1.97. The third-order valence-electron chi connectivity index (χ3n) is 2.79. The second kappa shape index (κ2) is 8.93. The highest BCUT2D eigenvalue weighted by Gasteiger charge is 2.17. The number of nitrogens with one attached hydrogen (secondary N) is 2. The molecule has 0 aliphatic carbocycles. The van der Waals surface area contributed by atoms with Crippen LogP contribution in [-0.4, -0.2) is 53.4 Å². The van der Waals surface area contributed by atoms with Gasteiger partial charge in [-0.05, 0) is 18.6 Å². The van der Waals surface area contributed by atoms with Gasteiger partial charge in [0.05, 0.1) is 12.7 Å². The van der Waals surface area contributed by atoms with Crippen LogP contribution in [0.3, 0.4) is 0 Å². The van der Waals surface area contributed by atoms with E-state index in [1.807, 2.05) is 6.92 Å². The van der Waals surface area contributed by atoms with Crippen molar-refractivity contribution in [2.75, 3.05) is 39.2 Å². The zero-order valence-electron chi connectivity index (χ0n) is 12.6. The fraction of sp³-hybridized carbons (Fsp3) is 0.615. The van der Waals surface area contributed by atoms with E-state index < -0.39 is 10.0 Å². The van der Waals surface area contributed by atoms with Gasteiger partial charge in [0.25, 0.3) is 0 Å². The summed E-state index contributed by atoms with van der Waals surface area (Å²) in [6.45, 7) is 3.30. The Hall–Kier alpha value is -1.22. The lowest BCUT2D eigenvalue weighted by Crippen LogP contribution is -2.35. The van der Waals surface area contributed by atoms with Crippen LogP contribution in [0, 0.1) is 0 Å². The molecule has 0 spiro atoms. The molecular formula is C13H23N3O4S. The number of nitrogens with zero attached hydrogens (tertiary/aromatic N) is 1. The SMILES string of the molecule is CCCNc1ccc(S(=O)(=O)NCC(COC)OC)cn1. The Morgan fingerprint density at radius 2 is 2.10 bits per heavy atom. The maximum atomic E-state index is 12.1. The van der Waals surface area contributed by atoms with E-state index in [4.69, 9.17) is 9.47 Å². The largest absolute Gasteiger partial charge is 0.382 e. The number of hydrogen-bond donors (Lipinski definition) is 2. The first-order valence-corrected chi connectivity index (χ1v) is 8.23. The monoisotopic (exact) mass is 317 g/mol. The molecule has 8 heteroatoms. The Labute approximate surface area is 126 Å². The molecule has 1 rings (SSSR count). The van der Waals surface area contributed by atoms with Crippen molar-refractivity contribution in [1.29, 1.82) is 0 Å². The van der Waals surface area contributed by atoms with E-state index in [9.17, 15) is 8.42 Å². The van der Waals surface area contributed by atoms with Crippen molar-refractivity contribution < 1.29 is 17.9 Å². The van der Waals surface area contributed by atoms with Crippen LogP contribution in [0.1, 0.15) is 13.3 Å². The lowest BCUT2D eigenvalue weighted by Gasteiger charge is -2.15. The van der Waals surface area contributed by atoms with Crippen LogP contribution in [-0.2, 0) is 19.5 Å². The van der Waals surface area contributed by atoms with Crippen molar-refractivity contribution in [2.45, 2.75) is 24.3 Å². The summed E-state index contributed by atoms with van der Waals surface area (Å²) >= 11 is 0. The topological polar surface area (TPSA) is 89.6 Å². The van der Waals surface area contributed by atoms with Gasteiger partial charge in [-0.2, -0.15) is 0 Å². The fourth-order valence-electron chi connectivity index (χ4n) is 1.58. The van der Waals surface area contributed by atoms with Gasteiger partial charge in [0, 0.05) is 33.5 Å². The third-order valence-corrected chi connectivity index (χ3v) is 4.20. The van der Waals surface area contributed by atoms with E-state index in [1.165, 1.54) is 26.5 Å². The van der Waals surface area contributed by atoms with Crippen LogP contribution < -0.4 is 10.0 Å². The molecule has 0 aliphatic heterocycles. The lowest BCUT2D eigenvalue weighted by molar-refractivity contribution is 0.0320. The van der Waals surface area contributed by atoms with Crippen molar-refractivity contribution in [1.82, 2.24) is 9.71 Å². The summed E-state index contributed by atoms with van der Waals surface area (Å²) < 4.78 is 36.8. The number of aromatic nitrogens is 1. The zero-order chi connectivity index (χ0) is 15.7. The molecule has 0 aromatic carbocycles. The van der Waals surface area contributed by atoms with Crippen molar-refractivity contribution in [3.8, 4) is 0 Å². The highest BCUT2D eigenvalue weighted by Crippen LogP contribution is 2.10. The molecule has 0 fully saturated rings. The molecule has 120 valence electrons. The minimum atomic E-state index is -3.60. The fourth-order valence-corrected chi connectivity index (χ4v) is 2.59. The molecule has 21 heavy (non-hydrogen) atoms. The van der Waals surface area contributed by atoms with Gasteiger partial charge in [-0.3, -0.25) is 0 Å². The van der Waals surface area contributed by atoms with Crippen LogP contribution in [0.5, 0.6) is 0 Å². The quantitative estimate of drug-likeness (QED) is 0.665. The summed E-state index contributed by atoms with van der Waals surface area (Å²) in [5.41, 5.74) is 0. The molecule has 0 saturated carbocycles. The van der Waals surface area contributed by atoms with E-state index in [-0.39, 0.29) is 17.5 Å². The highest BCUT2D eigenvalue weighted by atomic mass is 32.2. The van der Waals surface area contributed by atoms with Gasteiger partial charge in [-0.25, -0.2) is 18.1 Å². The van der Waals surface area contributed by atoms with Gasteiger partial charge >= 0.3 is 0 Å². The molecule has 7 nitrogen and oxygen atoms in total. The second-order valence-electron chi connectivity index (χ2n) is 4.47. The normalized spacial score (nSPS) is 13.1. The summed E-state index contributed by atoms with van der Waals surface area (Å²) in [5.74, 6) is 0.657. The predicted molar refractivity (Wildman–Crippen MR) is 80.9 cm³/mol. The van der Waals surface area contributed by atoms with Crippen LogP contribution in [0.15, 0.2) is 23.2 Å². The smallest absolute Gasteiger partial charge is 0.242 e. The highest BCUT2D eigenvalue weighted by molar-refractivity contribution is 7.89. The van der Waals surface area contributed by atoms with Crippen molar-refractivity contribution >= 4 is 15.8 Å². The molecule has 2 N–H and O–H groups in total. The average molecular weight is 317 g/mol. The predicted octanol–water partition coefficient (Wildman–Crippen LogP) is 0.843. The van der Waals surface area contributed by atoms with Gasteiger partial charge in [-0.1, -0.05) is 6.92 Å². The molecule has 1 aromatic rings. The summed E-state index contributed by atoms with van der Waals surface area (Å²) in [6, 6.07) is 3.17. The van der Waals surface area contributed by atoms with Crippen molar-refractivity contribution in [2.24, 2.45) is 0 Å². The lowest BCUT2D eigenvalue weighted by atomic mass is 10.4. The Kier molecular flexibility index (Phi) is 7.58. The molecule has 1 heterocycles. The van der Waals surface area contributed by atoms with Crippen molar-refractivity contribution in [3.63, 3.8) is 0 Å². The Morgan fingerprint density at radius 1 is 1.33 bits per heavy atom. The van der Waals surface area contributed by atoms with E-state index in [1.54, 1.807) is 6.07 Å². The maximum absolute atomic E-state index is 12.1. The summed E-state index contributed by atoms with van der Waals surface area (Å²) in [5, 5.41) is 3.09. The van der Waals surface area contributed by atoms with E-state index in [0.717, 1.165) is 13.0 Å². The molecule has 0 radical (unpaired) electrons. The maximum Gasteiger partial charge on any atom is 0.242 e. The molecule has 1 unspecified atom stereocenters. The molecule has 0 bridgehead atoms. The van der Waals surface area contributed by atoms with Gasteiger partial charge < -0.3 is 14.8 Å². The number of ether oxygens (including phenoxy) is 2. The van der Waals surface area contributed by atoms with Crippen LogP contribution in [0.4, 0.5) is 5.82 Å². The van der Waals surface area contributed by atoms with E-state index in [2.05, 4.69) is 15.0 Å². The standard InChI is InChI=1S/C13H23N3O4S/c1-4-7-14-13-6-5-12(9-15-13)21(17,18)16-8-11(20-3)10-19-2/h5-6,9,11,16H,4,7-8,10H2,1-3H3,(H,14,15). The number of rotatable bonds is 10.